The van der Waals surface area contributed by atoms with E-state index in [2.05, 4.69) is 18.9 Å². The maximum Gasteiger partial charge on any atom is 0.269 e. The first-order valence-electron chi connectivity index (χ1n) is 7.56. The Morgan fingerprint density at radius 3 is 2.56 bits per heavy atom. The van der Waals surface area contributed by atoms with Crippen LogP contribution in [0.2, 0.25) is 0 Å². The van der Waals surface area contributed by atoms with Crippen LogP contribution in [0.5, 0.6) is 0 Å². The molecule has 1 atom stereocenters. The van der Waals surface area contributed by atoms with Gasteiger partial charge in [0.1, 0.15) is 6.79 Å². The Balaban J connectivity index is 2.56. The number of nitrogens with zero attached hydrogens (tertiary/aromatic N) is 3. The summed E-state index contributed by atoms with van der Waals surface area (Å²) in [6.07, 6.45) is 0. The number of rotatable bonds is 6. The van der Waals surface area contributed by atoms with Crippen molar-refractivity contribution in [3.63, 3.8) is 0 Å². The van der Waals surface area contributed by atoms with Gasteiger partial charge >= 0.3 is 0 Å². The number of hydrogen-bond acceptors (Lipinski definition) is 7. The molecular formula is C17H19N3O4S. The van der Waals surface area contributed by atoms with Crippen molar-refractivity contribution in [2.75, 3.05) is 20.5 Å². The van der Waals surface area contributed by atoms with Gasteiger partial charge in [-0.25, -0.2) is 0 Å². The topological polar surface area (TPSA) is 88.6 Å². The average molecular weight is 361 g/mol. The third-order valence-electron chi connectivity index (χ3n) is 4.08. The van der Waals surface area contributed by atoms with Gasteiger partial charge in [-0.05, 0) is 37.1 Å². The summed E-state index contributed by atoms with van der Waals surface area (Å²) in [6, 6.07) is 8.23. The molecule has 1 heterocycles. The summed E-state index contributed by atoms with van der Waals surface area (Å²) in [5.74, 6) is 0. The fourth-order valence-corrected chi connectivity index (χ4v) is 3.09. The number of thiol groups is 1. The van der Waals surface area contributed by atoms with Crippen molar-refractivity contribution >= 4 is 24.2 Å². The van der Waals surface area contributed by atoms with Gasteiger partial charge in [-0.1, -0.05) is 12.8 Å². The van der Waals surface area contributed by atoms with Crippen LogP contribution < -0.4 is 0 Å². The highest BCUT2D eigenvalue weighted by molar-refractivity contribution is 7.78. The van der Waals surface area contributed by atoms with Crippen molar-refractivity contribution in [2.24, 2.45) is 0 Å². The number of hydrogen-bond donors (Lipinski definition) is 1. The first-order valence-corrected chi connectivity index (χ1v) is 7.96. The molecule has 1 aliphatic heterocycles. The molecule has 1 aliphatic rings. The molecule has 2 rings (SSSR count). The Morgan fingerprint density at radius 1 is 1.40 bits per heavy atom. The molecule has 0 aromatic heterocycles. The molecular weight excluding hydrogens is 342 g/mol. The lowest BCUT2D eigenvalue weighted by Gasteiger charge is -2.35. The predicted molar refractivity (Wildman–Crippen MR) is 96.4 cm³/mol. The van der Waals surface area contributed by atoms with Crippen LogP contribution in [0.1, 0.15) is 19.4 Å². The second-order valence-electron chi connectivity index (χ2n) is 5.56. The van der Waals surface area contributed by atoms with Gasteiger partial charge in [-0.2, -0.15) is 5.26 Å². The van der Waals surface area contributed by atoms with Crippen molar-refractivity contribution in [2.45, 2.75) is 19.9 Å². The molecule has 1 aromatic carbocycles. The minimum atomic E-state index is -0.443. The van der Waals surface area contributed by atoms with Crippen LogP contribution in [0.3, 0.4) is 0 Å². The fourth-order valence-electron chi connectivity index (χ4n) is 2.74. The zero-order chi connectivity index (χ0) is 18.6. The van der Waals surface area contributed by atoms with E-state index in [0.717, 1.165) is 22.4 Å². The second kappa shape index (κ2) is 8.16. The molecule has 0 spiro atoms. The molecule has 8 heteroatoms. The first-order chi connectivity index (χ1) is 11.9. The molecule has 7 nitrogen and oxygen atoms in total. The van der Waals surface area contributed by atoms with Crippen molar-refractivity contribution in [1.82, 2.24) is 4.31 Å². The fraction of sp³-hybridized carbons (Fsp3) is 0.353. The van der Waals surface area contributed by atoms with Gasteiger partial charge in [0.15, 0.2) is 0 Å². The second-order valence-corrected chi connectivity index (χ2v) is 5.99. The molecule has 0 amide bonds. The van der Waals surface area contributed by atoms with Crippen LogP contribution in [0.4, 0.5) is 5.69 Å². The summed E-state index contributed by atoms with van der Waals surface area (Å²) in [7, 11) is 1.53. The van der Waals surface area contributed by atoms with Gasteiger partial charge in [0.25, 0.3) is 5.69 Å². The zero-order valence-electron chi connectivity index (χ0n) is 14.2. The van der Waals surface area contributed by atoms with Gasteiger partial charge in [0, 0.05) is 24.8 Å². The minimum absolute atomic E-state index is 0.0149. The Kier molecular flexibility index (Phi) is 6.20. The van der Waals surface area contributed by atoms with E-state index in [1.54, 1.807) is 16.4 Å². The van der Waals surface area contributed by atoms with E-state index < -0.39 is 4.92 Å². The molecule has 0 aliphatic carbocycles. The Bertz CT molecular complexity index is 765. The monoisotopic (exact) mass is 361 g/mol. The molecule has 0 fully saturated rings. The number of benzene rings is 1. The number of nitro groups is 1. The molecule has 1 aromatic rings. The van der Waals surface area contributed by atoms with Crippen LogP contribution in [-0.4, -0.2) is 35.8 Å². The zero-order valence-corrected chi connectivity index (χ0v) is 15.1. The summed E-state index contributed by atoms with van der Waals surface area (Å²) in [5.41, 5.74) is 3.77. The molecule has 0 saturated carbocycles. The molecule has 25 heavy (non-hydrogen) atoms. The Labute approximate surface area is 151 Å². The highest BCUT2D eigenvalue weighted by atomic mass is 32.1. The standard InChI is InChI=1S/C17H19N3O4S/c1-11-15(8-18)12(2)19(25)17(16(11)9-24-10-23-3)13-4-6-14(7-5-13)20(21)22/h4-7,12,25H,9-10H2,1-3H3. The van der Waals surface area contributed by atoms with Crippen molar-refractivity contribution in [3.05, 3.63) is 56.7 Å². The summed E-state index contributed by atoms with van der Waals surface area (Å²) >= 11 is 4.56. The lowest BCUT2D eigenvalue weighted by atomic mass is 9.90. The van der Waals surface area contributed by atoms with E-state index in [9.17, 15) is 15.4 Å². The lowest BCUT2D eigenvalue weighted by Crippen LogP contribution is -2.31. The van der Waals surface area contributed by atoms with Gasteiger partial charge < -0.3 is 13.8 Å². The summed E-state index contributed by atoms with van der Waals surface area (Å²) in [4.78, 5) is 10.4. The van der Waals surface area contributed by atoms with Crippen molar-refractivity contribution in [1.29, 1.82) is 5.26 Å². The maximum atomic E-state index is 10.9. The SMILES string of the molecule is COCOCC1=C(c2ccc([N+](=O)[O-])cc2)N(S)C(C)C(C#N)=C1C. The molecule has 0 bridgehead atoms. The van der Waals surface area contributed by atoms with Gasteiger partial charge in [-0.3, -0.25) is 10.1 Å². The maximum absolute atomic E-state index is 10.9. The minimum Gasteiger partial charge on any atom is -0.359 e. The van der Waals surface area contributed by atoms with E-state index in [1.165, 1.54) is 19.2 Å². The van der Waals surface area contributed by atoms with Crippen LogP contribution in [0.15, 0.2) is 41.0 Å². The molecule has 1 unspecified atom stereocenters. The van der Waals surface area contributed by atoms with Gasteiger partial charge in [0.2, 0.25) is 0 Å². The number of nitro benzene ring substituents is 1. The van der Waals surface area contributed by atoms with Crippen LogP contribution in [-0.2, 0) is 9.47 Å². The average Bonchev–Trinajstić information content (AvgIpc) is 2.60. The van der Waals surface area contributed by atoms with E-state index in [1.807, 2.05) is 13.8 Å². The van der Waals surface area contributed by atoms with E-state index in [0.29, 0.717) is 5.57 Å². The molecule has 132 valence electrons. The van der Waals surface area contributed by atoms with Gasteiger partial charge in [-0.15, -0.1) is 0 Å². The van der Waals surface area contributed by atoms with Crippen LogP contribution in [0, 0.1) is 21.4 Å². The van der Waals surface area contributed by atoms with Crippen LogP contribution >= 0.6 is 12.8 Å². The molecule has 0 radical (unpaired) electrons. The van der Waals surface area contributed by atoms with Gasteiger partial charge in [0.05, 0.1) is 34.9 Å². The third kappa shape index (κ3) is 3.85. The highest BCUT2D eigenvalue weighted by Gasteiger charge is 2.30. The van der Waals surface area contributed by atoms with Crippen molar-refractivity contribution in [3.8, 4) is 6.07 Å². The number of nitriles is 1. The summed E-state index contributed by atoms with van der Waals surface area (Å²) in [5, 5.41) is 20.3. The van der Waals surface area contributed by atoms with Crippen LogP contribution in [0.25, 0.3) is 5.70 Å². The molecule has 0 saturated heterocycles. The summed E-state index contributed by atoms with van der Waals surface area (Å²) in [6.45, 7) is 4.11. The Hall–Kier alpha value is -2.34. The predicted octanol–water partition coefficient (Wildman–Crippen LogP) is 3.32. The smallest absolute Gasteiger partial charge is 0.269 e. The van der Waals surface area contributed by atoms with Crippen molar-refractivity contribution < 1.29 is 14.4 Å². The molecule has 0 N–H and O–H groups in total. The van der Waals surface area contributed by atoms with E-state index in [4.69, 9.17) is 9.47 Å². The number of methoxy groups -OCH3 is 1. The number of non-ortho nitro benzene ring substituents is 1. The summed E-state index contributed by atoms with van der Waals surface area (Å²) < 4.78 is 12.1. The first kappa shape index (κ1) is 19.0. The normalized spacial score (nSPS) is 17.7. The number of ether oxygens (including phenoxy) is 2. The third-order valence-corrected chi connectivity index (χ3v) is 4.62. The quantitative estimate of drug-likeness (QED) is 0.275. The van der Waals surface area contributed by atoms with E-state index in [-0.39, 0.29) is 25.1 Å². The highest BCUT2D eigenvalue weighted by Crippen LogP contribution is 2.38. The Morgan fingerprint density at radius 2 is 2.04 bits per heavy atom. The largest absolute Gasteiger partial charge is 0.359 e. The van der Waals surface area contributed by atoms with E-state index >= 15 is 0 Å². The lowest BCUT2D eigenvalue weighted by molar-refractivity contribution is -0.384.